The molecule has 1 aromatic carbocycles. The molecule has 0 aliphatic heterocycles. The van der Waals surface area contributed by atoms with Crippen LogP contribution in [0.4, 0.5) is 0 Å². The molecule has 106 valence electrons. The Morgan fingerprint density at radius 2 is 2.15 bits per heavy atom. The first-order valence-corrected chi connectivity index (χ1v) is 6.35. The summed E-state index contributed by atoms with van der Waals surface area (Å²) in [6, 6.07) is 4.67. The number of nitrogens with zero attached hydrogens (tertiary/aromatic N) is 1. The van der Waals surface area contributed by atoms with Crippen LogP contribution in [0.15, 0.2) is 17.7 Å². The van der Waals surface area contributed by atoms with Crippen LogP contribution in [0.25, 0.3) is 6.08 Å². The van der Waals surface area contributed by atoms with Gasteiger partial charge in [0.2, 0.25) is 0 Å². The number of carbonyl (C=O) groups is 1. The van der Waals surface area contributed by atoms with Gasteiger partial charge in [0.15, 0.2) is 11.5 Å². The van der Waals surface area contributed by atoms with Gasteiger partial charge >= 0.3 is 5.97 Å². The molecule has 0 atom stereocenters. The van der Waals surface area contributed by atoms with Crippen molar-refractivity contribution < 1.29 is 19.4 Å². The number of nitriles is 1. The largest absolute Gasteiger partial charge is 0.503 e. The lowest BCUT2D eigenvalue weighted by molar-refractivity contribution is -0.137. The number of aromatic hydroxyl groups is 1. The molecule has 0 bridgehead atoms. The first-order chi connectivity index (χ1) is 9.53. The third-order valence-corrected chi connectivity index (χ3v) is 2.57. The van der Waals surface area contributed by atoms with Gasteiger partial charge in [-0.25, -0.2) is 4.79 Å². The van der Waals surface area contributed by atoms with Gasteiger partial charge in [-0.2, -0.15) is 5.26 Å². The Kier molecular flexibility index (Phi) is 5.88. The molecule has 0 fully saturated rings. The lowest BCUT2D eigenvalue weighted by Crippen LogP contribution is -2.06. The monoisotopic (exact) mass is 295 g/mol. The van der Waals surface area contributed by atoms with E-state index < -0.39 is 5.97 Å². The highest BCUT2D eigenvalue weighted by Gasteiger charge is 2.13. The van der Waals surface area contributed by atoms with Crippen LogP contribution in [0, 0.1) is 11.3 Å². The molecule has 0 spiro atoms. The number of phenols is 1. The van der Waals surface area contributed by atoms with E-state index in [2.05, 4.69) is 0 Å². The normalized spacial score (nSPS) is 10.8. The minimum absolute atomic E-state index is 0.0725. The summed E-state index contributed by atoms with van der Waals surface area (Å²) in [4.78, 5) is 11.5. The molecule has 0 aromatic heterocycles. The van der Waals surface area contributed by atoms with E-state index >= 15 is 0 Å². The highest BCUT2D eigenvalue weighted by Crippen LogP contribution is 2.35. The van der Waals surface area contributed by atoms with Crippen LogP contribution in [0.1, 0.15) is 19.4 Å². The van der Waals surface area contributed by atoms with E-state index in [9.17, 15) is 9.90 Å². The van der Waals surface area contributed by atoms with Gasteiger partial charge in [0.05, 0.1) is 18.2 Å². The highest BCUT2D eigenvalue weighted by molar-refractivity contribution is 6.32. The minimum atomic E-state index is -0.711. The average Bonchev–Trinajstić information content (AvgIpc) is 2.42. The molecule has 1 aromatic rings. The van der Waals surface area contributed by atoms with Gasteiger partial charge in [0, 0.05) is 0 Å². The second kappa shape index (κ2) is 7.41. The van der Waals surface area contributed by atoms with Crippen LogP contribution in [0.3, 0.4) is 0 Å². The molecule has 0 unspecified atom stereocenters. The van der Waals surface area contributed by atoms with Gasteiger partial charge in [0.1, 0.15) is 11.6 Å². The first kappa shape index (κ1) is 15.9. The zero-order valence-electron chi connectivity index (χ0n) is 11.1. The summed E-state index contributed by atoms with van der Waals surface area (Å²) in [7, 11) is 0. The average molecular weight is 296 g/mol. The van der Waals surface area contributed by atoms with Crippen LogP contribution in [-0.4, -0.2) is 24.3 Å². The van der Waals surface area contributed by atoms with E-state index in [4.69, 9.17) is 26.3 Å². The number of hydrogen-bond donors (Lipinski definition) is 1. The van der Waals surface area contributed by atoms with Gasteiger partial charge < -0.3 is 14.6 Å². The number of benzene rings is 1. The van der Waals surface area contributed by atoms with E-state index in [0.29, 0.717) is 12.2 Å². The van der Waals surface area contributed by atoms with E-state index in [1.807, 2.05) is 0 Å². The van der Waals surface area contributed by atoms with Gasteiger partial charge in [0.25, 0.3) is 0 Å². The molecule has 0 aliphatic carbocycles. The summed E-state index contributed by atoms with van der Waals surface area (Å²) in [5.74, 6) is -0.704. The van der Waals surface area contributed by atoms with Gasteiger partial charge in [-0.15, -0.1) is 0 Å². The summed E-state index contributed by atoms with van der Waals surface area (Å²) < 4.78 is 9.97. The van der Waals surface area contributed by atoms with Crippen molar-refractivity contribution in [3.05, 3.63) is 28.3 Å². The Balaban J connectivity index is 3.19. The van der Waals surface area contributed by atoms with E-state index in [-0.39, 0.29) is 28.7 Å². The molecule has 20 heavy (non-hydrogen) atoms. The smallest absolute Gasteiger partial charge is 0.348 e. The second-order valence-corrected chi connectivity index (χ2v) is 4.08. The molecule has 6 heteroatoms. The summed E-state index contributed by atoms with van der Waals surface area (Å²) in [5, 5.41) is 18.7. The maximum atomic E-state index is 11.5. The van der Waals surface area contributed by atoms with Crippen LogP contribution >= 0.6 is 11.6 Å². The lowest BCUT2D eigenvalue weighted by atomic mass is 10.1. The van der Waals surface area contributed by atoms with Gasteiger partial charge in [-0.1, -0.05) is 11.6 Å². The fourth-order valence-corrected chi connectivity index (χ4v) is 1.67. The van der Waals surface area contributed by atoms with Gasteiger partial charge in [-0.3, -0.25) is 0 Å². The molecule has 0 saturated heterocycles. The van der Waals surface area contributed by atoms with Gasteiger partial charge in [-0.05, 0) is 37.6 Å². The lowest BCUT2D eigenvalue weighted by Gasteiger charge is -2.08. The summed E-state index contributed by atoms with van der Waals surface area (Å²) >= 11 is 5.86. The molecule has 0 aliphatic rings. The minimum Gasteiger partial charge on any atom is -0.503 e. The Hall–Kier alpha value is -2.19. The van der Waals surface area contributed by atoms with Crippen molar-refractivity contribution in [3.8, 4) is 17.6 Å². The summed E-state index contributed by atoms with van der Waals surface area (Å²) in [6.07, 6.45) is 1.33. The predicted octanol–water partition coefficient (Wildman–Crippen LogP) is 2.91. The Labute approximate surface area is 122 Å². The second-order valence-electron chi connectivity index (χ2n) is 3.67. The fourth-order valence-electron chi connectivity index (χ4n) is 1.45. The Bertz CT molecular complexity index is 575. The maximum Gasteiger partial charge on any atom is 0.348 e. The van der Waals surface area contributed by atoms with E-state index in [1.54, 1.807) is 19.9 Å². The van der Waals surface area contributed by atoms with Crippen LogP contribution in [0.5, 0.6) is 11.5 Å². The maximum absolute atomic E-state index is 11.5. The molecule has 5 nitrogen and oxygen atoms in total. The molecule has 1 N–H and O–H groups in total. The zero-order chi connectivity index (χ0) is 15.1. The SMILES string of the molecule is CCOC(=O)/C(C#N)=C/c1cc(Cl)c(O)c(OCC)c1. The molecule has 0 radical (unpaired) electrons. The third-order valence-electron chi connectivity index (χ3n) is 2.28. The van der Waals surface area contributed by atoms with Crippen molar-refractivity contribution in [1.82, 2.24) is 0 Å². The van der Waals surface area contributed by atoms with Crippen molar-refractivity contribution in [1.29, 1.82) is 5.26 Å². The molecule has 0 saturated carbocycles. The number of esters is 1. The summed E-state index contributed by atoms with van der Waals surface area (Å²) in [5.41, 5.74) is 0.303. The van der Waals surface area contributed by atoms with Crippen molar-refractivity contribution in [2.24, 2.45) is 0 Å². The first-order valence-electron chi connectivity index (χ1n) is 5.97. The number of ether oxygens (including phenoxy) is 2. The zero-order valence-corrected chi connectivity index (χ0v) is 11.9. The number of rotatable bonds is 5. The number of carbonyl (C=O) groups excluding carboxylic acids is 1. The molecule has 1 rings (SSSR count). The van der Waals surface area contributed by atoms with Crippen LogP contribution < -0.4 is 4.74 Å². The number of hydrogen-bond acceptors (Lipinski definition) is 5. The molecule has 0 heterocycles. The van der Waals surface area contributed by atoms with E-state index in [0.717, 1.165) is 0 Å². The van der Waals surface area contributed by atoms with Crippen molar-refractivity contribution >= 4 is 23.6 Å². The summed E-state index contributed by atoms with van der Waals surface area (Å²) in [6.45, 7) is 3.94. The Morgan fingerprint density at radius 1 is 1.45 bits per heavy atom. The van der Waals surface area contributed by atoms with Crippen molar-refractivity contribution in [2.45, 2.75) is 13.8 Å². The topological polar surface area (TPSA) is 79.6 Å². The predicted molar refractivity (Wildman–Crippen MR) is 74.5 cm³/mol. The van der Waals surface area contributed by atoms with Crippen LogP contribution in [0.2, 0.25) is 5.02 Å². The number of halogens is 1. The highest BCUT2D eigenvalue weighted by atomic mass is 35.5. The fraction of sp³-hybridized carbons (Fsp3) is 0.286. The quantitative estimate of drug-likeness (QED) is 0.513. The molecule has 0 amide bonds. The van der Waals surface area contributed by atoms with Crippen molar-refractivity contribution in [2.75, 3.05) is 13.2 Å². The van der Waals surface area contributed by atoms with E-state index in [1.165, 1.54) is 18.2 Å². The molecular formula is C14H14ClNO4. The Morgan fingerprint density at radius 3 is 2.70 bits per heavy atom. The van der Waals surface area contributed by atoms with Crippen molar-refractivity contribution in [3.63, 3.8) is 0 Å². The molecular weight excluding hydrogens is 282 g/mol. The van der Waals surface area contributed by atoms with Crippen LogP contribution in [-0.2, 0) is 9.53 Å². The third kappa shape index (κ3) is 3.90. The standard InChI is InChI=1S/C14H14ClNO4/c1-3-19-12-7-9(6-11(15)13(12)17)5-10(8-16)14(18)20-4-2/h5-7,17H,3-4H2,1-2H3/b10-5+. The number of phenolic OH excluding ortho intramolecular Hbond substituents is 1.